The minimum Gasteiger partial charge on any atom is -0.484 e. The second kappa shape index (κ2) is 10.6. The maximum atomic E-state index is 12.0. The first-order chi connectivity index (χ1) is 14.1. The molecule has 1 aromatic carbocycles. The molecule has 2 aliphatic heterocycles. The van der Waals surface area contributed by atoms with E-state index in [-0.39, 0.29) is 18.6 Å². The number of ether oxygens (including phenoxy) is 2. The Morgan fingerprint density at radius 3 is 2.79 bits per heavy atom. The molecule has 3 amide bonds. The average molecular weight is 402 g/mol. The van der Waals surface area contributed by atoms with Gasteiger partial charge >= 0.3 is 11.8 Å². The summed E-state index contributed by atoms with van der Waals surface area (Å²) in [4.78, 5) is 37.3. The van der Waals surface area contributed by atoms with E-state index in [9.17, 15) is 14.4 Å². The lowest BCUT2D eigenvalue weighted by atomic mass is 10.2. The molecule has 0 bridgehead atoms. The molecule has 9 heteroatoms. The highest BCUT2D eigenvalue weighted by molar-refractivity contribution is 6.35. The second-order valence-electron chi connectivity index (χ2n) is 6.99. The number of carbonyl (C=O) groups excluding carboxylic acids is 3. The van der Waals surface area contributed by atoms with Crippen molar-refractivity contribution in [2.75, 3.05) is 32.8 Å². The molecule has 1 atom stereocenters. The first-order valence-electron chi connectivity index (χ1n) is 9.85. The van der Waals surface area contributed by atoms with Crippen LogP contribution >= 0.6 is 0 Å². The van der Waals surface area contributed by atoms with E-state index in [4.69, 9.17) is 9.47 Å². The molecule has 2 fully saturated rings. The maximum Gasteiger partial charge on any atom is 0.329 e. The number of nitrogens with zero attached hydrogens (tertiary/aromatic N) is 2. The van der Waals surface area contributed by atoms with Crippen molar-refractivity contribution in [1.82, 2.24) is 15.6 Å². The van der Waals surface area contributed by atoms with Crippen LogP contribution in [-0.2, 0) is 19.1 Å². The van der Waals surface area contributed by atoms with Crippen molar-refractivity contribution in [2.45, 2.75) is 31.8 Å². The van der Waals surface area contributed by atoms with Gasteiger partial charge in [0, 0.05) is 26.2 Å². The quantitative estimate of drug-likeness (QED) is 0.391. The van der Waals surface area contributed by atoms with E-state index in [0.717, 1.165) is 38.8 Å². The Labute approximate surface area is 169 Å². The van der Waals surface area contributed by atoms with Gasteiger partial charge in [0.15, 0.2) is 6.61 Å². The Hall–Kier alpha value is -2.94. The largest absolute Gasteiger partial charge is 0.484 e. The van der Waals surface area contributed by atoms with E-state index in [1.165, 1.54) is 6.21 Å². The van der Waals surface area contributed by atoms with E-state index < -0.39 is 11.8 Å². The summed E-state index contributed by atoms with van der Waals surface area (Å²) >= 11 is 0. The van der Waals surface area contributed by atoms with E-state index >= 15 is 0 Å². The van der Waals surface area contributed by atoms with Crippen LogP contribution in [0.5, 0.6) is 5.75 Å². The van der Waals surface area contributed by atoms with Gasteiger partial charge in [-0.15, -0.1) is 0 Å². The first kappa shape index (κ1) is 20.8. The van der Waals surface area contributed by atoms with Gasteiger partial charge in [-0.1, -0.05) is 12.1 Å². The molecule has 0 spiro atoms. The van der Waals surface area contributed by atoms with Crippen molar-refractivity contribution < 1.29 is 23.9 Å². The summed E-state index contributed by atoms with van der Waals surface area (Å²) in [5.74, 6) is -1.09. The number of likely N-dealkylation sites (tertiary alicyclic amines) is 1. The fourth-order valence-corrected chi connectivity index (χ4v) is 3.20. The van der Waals surface area contributed by atoms with Gasteiger partial charge < -0.3 is 19.7 Å². The minimum absolute atomic E-state index is 0.0117. The summed E-state index contributed by atoms with van der Waals surface area (Å²) in [6.45, 7) is 2.56. The van der Waals surface area contributed by atoms with Crippen LogP contribution in [0, 0.1) is 0 Å². The number of carbonyl (C=O) groups is 3. The number of amides is 3. The number of rotatable bonds is 7. The fraction of sp³-hybridized carbons (Fsp3) is 0.500. The zero-order valence-corrected chi connectivity index (χ0v) is 16.3. The van der Waals surface area contributed by atoms with Crippen LogP contribution in [-0.4, -0.2) is 67.8 Å². The Morgan fingerprint density at radius 2 is 2.03 bits per heavy atom. The maximum absolute atomic E-state index is 12.0. The lowest BCUT2D eigenvalue weighted by molar-refractivity contribution is -0.139. The van der Waals surface area contributed by atoms with Crippen LogP contribution in [0.1, 0.15) is 31.2 Å². The number of nitrogens with one attached hydrogen (secondary N) is 2. The van der Waals surface area contributed by atoms with Crippen LogP contribution in [0.25, 0.3) is 0 Å². The smallest absolute Gasteiger partial charge is 0.329 e. The second-order valence-corrected chi connectivity index (χ2v) is 6.99. The van der Waals surface area contributed by atoms with Crippen molar-refractivity contribution in [3.63, 3.8) is 0 Å². The predicted molar refractivity (Wildman–Crippen MR) is 105 cm³/mol. The van der Waals surface area contributed by atoms with Gasteiger partial charge in [0.25, 0.3) is 5.91 Å². The Morgan fingerprint density at radius 1 is 1.21 bits per heavy atom. The van der Waals surface area contributed by atoms with Crippen LogP contribution in [0.3, 0.4) is 0 Å². The van der Waals surface area contributed by atoms with E-state index in [1.54, 1.807) is 29.2 Å². The number of hydrazone groups is 1. The lowest BCUT2D eigenvalue weighted by Gasteiger charge is -2.15. The molecule has 2 heterocycles. The predicted octanol–water partition coefficient (Wildman–Crippen LogP) is 0.433. The van der Waals surface area contributed by atoms with Gasteiger partial charge in [-0.25, -0.2) is 5.43 Å². The highest BCUT2D eigenvalue weighted by Gasteiger charge is 2.19. The van der Waals surface area contributed by atoms with Gasteiger partial charge in [-0.05, 0) is 43.4 Å². The van der Waals surface area contributed by atoms with Crippen LogP contribution < -0.4 is 15.5 Å². The average Bonchev–Trinajstić information content (AvgIpc) is 3.44. The Balaban J connectivity index is 1.41. The third-order valence-corrected chi connectivity index (χ3v) is 4.78. The molecule has 9 nitrogen and oxygen atoms in total. The fourth-order valence-electron chi connectivity index (χ4n) is 3.20. The highest BCUT2D eigenvalue weighted by atomic mass is 16.5. The Bertz CT molecular complexity index is 755. The molecule has 0 unspecified atom stereocenters. The van der Waals surface area contributed by atoms with E-state index in [0.29, 0.717) is 24.5 Å². The summed E-state index contributed by atoms with van der Waals surface area (Å²) in [7, 11) is 0. The first-order valence-corrected chi connectivity index (χ1v) is 9.85. The van der Waals surface area contributed by atoms with Gasteiger partial charge in [0.1, 0.15) is 5.75 Å². The zero-order valence-electron chi connectivity index (χ0n) is 16.3. The van der Waals surface area contributed by atoms with Crippen molar-refractivity contribution in [2.24, 2.45) is 5.10 Å². The molecular weight excluding hydrogens is 376 g/mol. The topological polar surface area (TPSA) is 109 Å². The molecule has 0 aromatic heterocycles. The van der Waals surface area contributed by atoms with Crippen molar-refractivity contribution in [3.8, 4) is 5.75 Å². The molecule has 0 radical (unpaired) electrons. The third kappa shape index (κ3) is 6.56. The molecule has 0 aliphatic carbocycles. The van der Waals surface area contributed by atoms with E-state index in [2.05, 4.69) is 15.8 Å². The SMILES string of the molecule is O=C(NC[C@@H]1CCCO1)C(=O)N/N=C\c1cccc(OCC(=O)N2CCCC2)c1. The monoisotopic (exact) mass is 402 g/mol. The van der Waals surface area contributed by atoms with Gasteiger partial charge in [0.05, 0.1) is 12.3 Å². The molecule has 2 aliphatic rings. The van der Waals surface area contributed by atoms with Crippen molar-refractivity contribution in [1.29, 1.82) is 0 Å². The molecule has 2 saturated heterocycles. The molecule has 1 aromatic rings. The standard InChI is InChI=1S/C20H26N4O5/c25-18(24-8-1-2-9-24)14-29-16-6-3-5-15(11-16)12-22-23-20(27)19(26)21-13-17-7-4-10-28-17/h3,5-6,11-12,17H,1-2,4,7-10,13-14H2,(H,21,26)(H,23,27)/b22-12-/t17-/m0/s1. The summed E-state index contributed by atoms with van der Waals surface area (Å²) in [6, 6.07) is 6.96. The third-order valence-electron chi connectivity index (χ3n) is 4.78. The minimum atomic E-state index is -0.845. The highest BCUT2D eigenvalue weighted by Crippen LogP contribution is 2.13. The van der Waals surface area contributed by atoms with Gasteiger partial charge in [-0.2, -0.15) is 5.10 Å². The normalized spacial score (nSPS) is 18.8. The zero-order chi connectivity index (χ0) is 20.5. The lowest BCUT2D eigenvalue weighted by Crippen LogP contribution is -2.41. The number of hydrogen-bond donors (Lipinski definition) is 2. The van der Waals surface area contributed by atoms with Crippen LogP contribution in [0.4, 0.5) is 0 Å². The molecule has 29 heavy (non-hydrogen) atoms. The molecule has 3 rings (SSSR count). The van der Waals surface area contributed by atoms with E-state index in [1.807, 2.05) is 0 Å². The summed E-state index contributed by atoms with van der Waals surface area (Å²) in [6.07, 6.45) is 5.29. The van der Waals surface area contributed by atoms with Gasteiger partial charge in [0.2, 0.25) is 0 Å². The van der Waals surface area contributed by atoms with Crippen molar-refractivity contribution in [3.05, 3.63) is 29.8 Å². The van der Waals surface area contributed by atoms with Crippen LogP contribution in [0.2, 0.25) is 0 Å². The summed E-state index contributed by atoms with van der Waals surface area (Å²) in [5, 5.41) is 6.32. The Kier molecular flexibility index (Phi) is 7.57. The molecular formula is C20H26N4O5. The molecule has 156 valence electrons. The van der Waals surface area contributed by atoms with Crippen LogP contribution in [0.15, 0.2) is 29.4 Å². The molecule has 2 N–H and O–H groups in total. The summed E-state index contributed by atoms with van der Waals surface area (Å²) in [5.41, 5.74) is 2.85. The number of benzene rings is 1. The van der Waals surface area contributed by atoms with Gasteiger partial charge in [-0.3, -0.25) is 14.4 Å². The summed E-state index contributed by atoms with van der Waals surface area (Å²) < 4.78 is 10.9. The molecule has 0 saturated carbocycles. The number of hydrogen-bond acceptors (Lipinski definition) is 6. The van der Waals surface area contributed by atoms with Crippen molar-refractivity contribution >= 4 is 23.9 Å².